The molecule has 1 atom stereocenters. The molecule has 1 heterocycles. The van der Waals surface area contributed by atoms with Crippen LogP contribution in [0.4, 0.5) is 0 Å². The summed E-state index contributed by atoms with van der Waals surface area (Å²) < 4.78 is 22.3. The highest BCUT2D eigenvalue weighted by molar-refractivity contribution is 7.90. The van der Waals surface area contributed by atoms with Gasteiger partial charge in [-0.25, -0.2) is 18.4 Å². The van der Waals surface area contributed by atoms with Crippen molar-refractivity contribution in [3.05, 3.63) is 23.8 Å². The third kappa shape index (κ3) is 5.23. The van der Waals surface area contributed by atoms with Crippen LogP contribution in [0.25, 0.3) is 0 Å². The lowest BCUT2D eigenvalue weighted by Gasteiger charge is -2.15. The highest BCUT2D eigenvalue weighted by atomic mass is 32.2. The van der Waals surface area contributed by atoms with Crippen LogP contribution in [0.1, 0.15) is 30.8 Å². The molecule has 1 rings (SSSR count). The van der Waals surface area contributed by atoms with E-state index in [9.17, 15) is 8.42 Å². The largest absolute Gasteiger partial charge is 0.308 e. The van der Waals surface area contributed by atoms with Crippen LogP contribution in [-0.2, 0) is 9.84 Å². The van der Waals surface area contributed by atoms with E-state index in [1.165, 1.54) is 6.26 Å². The molecular formula is C11H19N3O2S. The monoisotopic (exact) mass is 257 g/mol. The molecular weight excluding hydrogens is 238 g/mol. The summed E-state index contributed by atoms with van der Waals surface area (Å²) in [6.07, 6.45) is 5.22. The van der Waals surface area contributed by atoms with Gasteiger partial charge in [0.1, 0.15) is 15.7 Å². The Bertz CT molecular complexity index is 442. The number of rotatable bonds is 6. The Morgan fingerprint density at radius 3 is 2.41 bits per heavy atom. The fourth-order valence-electron chi connectivity index (χ4n) is 1.48. The Kier molecular flexibility index (Phi) is 5.02. The van der Waals surface area contributed by atoms with Crippen molar-refractivity contribution in [2.24, 2.45) is 0 Å². The van der Waals surface area contributed by atoms with Gasteiger partial charge in [0.25, 0.3) is 0 Å². The summed E-state index contributed by atoms with van der Waals surface area (Å²) in [5, 5.41) is 3.20. The van der Waals surface area contributed by atoms with Gasteiger partial charge in [0.15, 0.2) is 0 Å². The van der Waals surface area contributed by atoms with E-state index in [2.05, 4.69) is 15.3 Å². The zero-order chi connectivity index (χ0) is 12.9. The lowest BCUT2D eigenvalue weighted by Crippen LogP contribution is -2.25. The van der Waals surface area contributed by atoms with E-state index in [1.54, 1.807) is 12.4 Å². The molecule has 1 aromatic heterocycles. The van der Waals surface area contributed by atoms with Crippen LogP contribution in [0.15, 0.2) is 12.4 Å². The van der Waals surface area contributed by atoms with Crippen molar-refractivity contribution >= 4 is 9.84 Å². The number of aryl methyl sites for hydroxylation is 1. The van der Waals surface area contributed by atoms with Gasteiger partial charge >= 0.3 is 0 Å². The molecule has 0 spiro atoms. The lowest BCUT2D eigenvalue weighted by molar-refractivity contribution is 0.505. The molecule has 0 saturated heterocycles. The van der Waals surface area contributed by atoms with Crippen molar-refractivity contribution in [3.8, 4) is 0 Å². The van der Waals surface area contributed by atoms with Gasteiger partial charge in [0.2, 0.25) is 0 Å². The van der Waals surface area contributed by atoms with Gasteiger partial charge in [0.05, 0.1) is 11.8 Å². The van der Waals surface area contributed by atoms with Gasteiger partial charge < -0.3 is 5.32 Å². The minimum absolute atomic E-state index is 0.102. The molecule has 0 aliphatic carbocycles. The van der Waals surface area contributed by atoms with E-state index >= 15 is 0 Å². The second-order valence-corrected chi connectivity index (χ2v) is 6.41. The Labute approximate surface area is 103 Å². The zero-order valence-electron chi connectivity index (χ0n) is 10.5. The molecule has 5 nitrogen and oxygen atoms in total. The number of nitrogens with one attached hydrogen (secondary N) is 1. The van der Waals surface area contributed by atoms with E-state index in [-0.39, 0.29) is 11.8 Å². The van der Waals surface area contributed by atoms with E-state index in [4.69, 9.17) is 0 Å². The number of hydrogen-bond acceptors (Lipinski definition) is 5. The summed E-state index contributed by atoms with van der Waals surface area (Å²) in [7, 11) is -2.95. The molecule has 1 unspecified atom stereocenters. The van der Waals surface area contributed by atoms with Crippen LogP contribution in [-0.4, -0.2) is 36.9 Å². The second-order valence-electron chi connectivity index (χ2n) is 4.15. The Balaban J connectivity index is 2.75. The lowest BCUT2D eigenvalue weighted by atomic mass is 10.2. The van der Waals surface area contributed by atoms with Crippen LogP contribution >= 0.6 is 0 Å². The summed E-state index contributed by atoms with van der Waals surface area (Å²) in [6, 6.07) is -0.102. The summed E-state index contributed by atoms with van der Waals surface area (Å²) >= 11 is 0. The molecule has 96 valence electrons. The van der Waals surface area contributed by atoms with E-state index < -0.39 is 9.84 Å². The molecule has 6 heteroatoms. The van der Waals surface area contributed by atoms with E-state index in [0.717, 1.165) is 12.1 Å². The van der Waals surface area contributed by atoms with Gasteiger partial charge in [-0.1, -0.05) is 6.92 Å². The first-order chi connectivity index (χ1) is 7.92. The fourth-order valence-corrected chi connectivity index (χ4v) is 2.15. The summed E-state index contributed by atoms with van der Waals surface area (Å²) in [5.74, 6) is 0.795. The number of nitrogens with zero attached hydrogens (tertiary/aromatic N) is 2. The molecule has 0 radical (unpaired) electrons. The zero-order valence-corrected chi connectivity index (χ0v) is 11.3. The molecule has 0 aliphatic heterocycles. The molecule has 0 bridgehead atoms. The van der Waals surface area contributed by atoms with E-state index in [1.807, 2.05) is 13.8 Å². The Morgan fingerprint density at radius 2 is 1.94 bits per heavy atom. The average Bonchev–Trinajstić information content (AvgIpc) is 2.24. The minimum atomic E-state index is -2.95. The standard InChI is InChI=1S/C11H19N3O2S/c1-4-12-10(5-6-17(3,15)16)11-13-7-9(2)8-14-11/h7-8,10,12H,4-6H2,1-3H3. The number of hydrogen-bond donors (Lipinski definition) is 1. The summed E-state index contributed by atoms with van der Waals surface area (Å²) in [5.41, 5.74) is 0.993. The molecule has 0 saturated carbocycles. The molecule has 1 N–H and O–H groups in total. The third-order valence-corrected chi connectivity index (χ3v) is 3.32. The van der Waals surface area contributed by atoms with Crippen molar-refractivity contribution < 1.29 is 8.42 Å². The SMILES string of the molecule is CCNC(CCS(C)(=O)=O)c1ncc(C)cn1. The van der Waals surface area contributed by atoms with Crippen LogP contribution < -0.4 is 5.32 Å². The van der Waals surface area contributed by atoms with Crippen molar-refractivity contribution in [2.45, 2.75) is 26.3 Å². The maximum atomic E-state index is 11.2. The first kappa shape index (κ1) is 14.1. The molecule has 0 aliphatic rings. The summed E-state index contributed by atoms with van der Waals surface area (Å²) in [4.78, 5) is 8.46. The molecule has 0 aromatic carbocycles. The highest BCUT2D eigenvalue weighted by Crippen LogP contribution is 2.13. The van der Waals surface area contributed by atoms with Gasteiger partial charge in [-0.05, 0) is 25.5 Å². The second kappa shape index (κ2) is 6.07. The predicted octanol–water partition coefficient (Wildman–Crippen LogP) is 0.870. The Hall–Kier alpha value is -1.01. The highest BCUT2D eigenvalue weighted by Gasteiger charge is 2.15. The van der Waals surface area contributed by atoms with E-state index in [0.29, 0.717) is 12.2 Å². The quantitative estimate of drug-likeness (QED) is 0.818. The smallest absolute Gasteiger partial charge is 0.147 e. The number of aromatic nitrogens is 2. The fraction of sp³-hybridized carbons (Fsp3) is 0.636. The van der Waals surface area contributed by atoms with Crippen LogP contribution in [0, 0.1) is 6.92 Å². The predicted molar refractivity (Wildman–Crippen MR) is 67.5 cm³/mol. The van der Waals surface area contributed by atoms with Gasteiger partial charge in [-0.3, -0.25) is 0 Å². The van der Waals surface area contributed by atoms with Gasteiger partial charge in [0, 0.05) is 18.6 Å². The van der Waals surface area contributed by atoms with Gasteiger partial charge in [-0.2, -0.15) is 0 Å². The van der Waals surface area contributed by atoms with Crippen LogP contribution in [0.3, 0.4) is 0 Å². The normalized spacial score (nSPS) is 13.6. The number of sulfone groups is 1. The van der Waals surface area contributed by atoms with Crippen LogP contribution in [0.5, 0.6) is 0 Å². The third-order valence-electron chi connectivity index (χ3n) is 2.34. The van der Waals surface area contributed by atoms with Crippen molar-refractivity contribution in [1.82, 2.24) is 15.3 Å². The van der Waals surface area contributed by atoms with Gasteiger partial charge in [-0.15, -0.1) is 0 Å². The first-order valence-electron chi connectivity index (χ1n) is 5.62. The average molecular weight is 257 g/mol. The first-order valence-corrected chi connectivity index (χ1v) is 7.68. The topological polar surface area (TPSA) is 72.0 Å². The summed E-state index contributed by atoms with van der Waals surface area (Å²) in [6.45, 7) is 4.65. The van der Waals surface area contributed by atoms with Crippen molar-refractivity contribution in [1.29, 1.82) is 0 Å². The van der Waals surface area contributed by atoms with Crippen molar-refractivity contribution in [2.75, 3.05) is 18.6 Å². The molecule has 17 heavy (non-hydrogen) atoms. The van der Waals surface area contributed by atoms with Crippen molar-refractivity contribution in [3.63, 3.8) is 0 Å². The minimum Gasteiger partial charge on any atom is -0.308 e. The maximum absolute atomic E-state index is 11.2. The Morgan fingerprint density at radius 1 is 1.35 bits per heavy atom. The van der Waals surface area contributed by atoms with Crippen LogP contribution in [0.2, 0.25) is 0 Å². The maximum Gasteiger partial charge on any atom is 0.147 e. The molecule has 0 amide bonds. The molecule has 1 aromatic rings. The molecule has 0 fully saturated rings.